The van der Waals surface area contributed by atoms with Crippen molar-refractivity contribution < 1.29 is 8.91 Å². The topological polar surface area (TPSA) is 97.8 Å². The van der Waals surface area contributed by atoms with E-state index in [0.717, 1.165) is 11.1 Å². The molecule has 1 heterocycles. The highest BCUT2D eigenvalue weighted by atomic mass is 16.1. The van der Waals surface area contributed by atoms with E-state index in [9.17, 15) is 4.79 Å². The van der Waals surface area contributed by atoms with Crippen LogP contribution in [0.5, 0.6) is 0 Å². The minimum Gasteiger partial charge on any atom is -0.369 e. The maximum atomic E-state index is 11.5. The van der Waals surface area contributed by atoms with Gasteiger partial charge in [-0.05, 0) is 23.1 Å². The number of carbonyl (C=O) groups is 1. The molecule has 0 aliphatic heterocycles. The molecule has 0 bridgehead atoms. The van der Waals surface area contributed by atoms with Crippen LogP contribution in [-0.2, 0) is 10.2 Å². The Kier molecular flexibility index (Phi) is 2.66. The normalized spacial score (nSPS) is 18.1. The molecule has 1 amide bonds. The molecule has 0 aliphatic rings. The van der Waals surface area contributed by atoms with E-state index in [1.165, 1.54) is 0 Å². The monoisotopic (exact) mass is 278 g/mol. The molecule has 20 heavy (non-hydrogen) atoms. The molecule has 0 fully saturated rings. The predicted molar refractivity (Wildman–Crippen MR) is 80.1 cm³/mol. The first kappa shape index (κ1) is 10.9. The van der Waals surface area contributed by atoms with E-state index in [-0.39, 0.29) is 11.2 Å². The lowest BCUT2D eigenvalue weighted by Gasteiger charge is -2.18. The summed E-state index contributed by atoms with van der Waals surface area (Å²) in [5.74, 6) is -2.22. The van der Waals surface area contributed by atoms with Gasteiger partial charge in [0.25, 0.3) is 0 Å². The standard InChI is InChI=1S/C15H22N4O/c1-8(13(17)20)12(16)14-18-10-6-5-9(15(2,3)4)7-11(10)19-14/h5-8,12H,16H2,1-4H3,(H2,17,20)(H,18,19)/t8-,12+/m1/s1/i1+1D3. The molecule has 2 atom stereocenters. The summed E-state index contributed by atoms with van der Waals surface area (Å²) in [7, 11) is 0. The first-order valence-electron chi connectivity index (χ1n) is 7.96. The second-order valence-corrected chi connectivity index (χ2v) is 6.01. The maximum Gasteiger partial charge on any atom is 0.222 e. The van der Waals surface area contributed by atoms with Crippen LogP contribution in [0.2, 0.25) is 0 Å². The Balaban J connectivity index is 2.46. The molecule has 5 nitrogen and oxygen atoms in total. The number of benzene rings is 1. The van der Waals surface area contributed by atoms with Gasteiger partial charge in [0, 0.05) is 4.11 Å². The molecule has 5 heteroatoms. The Morgan fingerprint density at radius 2 is 2.15 bits per heavy atom. The summed E-state index contributed by atoms with van der Waals surface area (Å²) in [6.07, 6.45) is 0. The highest BCUT2D eigenvalue weighted by Gasteiger charge is 2.23. The number of nitrogens with two attached hydrogens (primary N) is 2. The number of hydrogen-bond acceptors (Lipinski definition) is 3. The Morgan fingerprint density at radius 1 is 1.45 bits per heavy atom. The zero-order chi connectivity index (χ0) is 17.6. The smallest absolute Gasteiger partial charge is 0.222 e. The first-order valence-corrected chi connectivity index (χ1v) is 6.46. The van der Waals surface area contributed by atoms with Crippen molar-refractivity contribution in [3.63, 3.8) is 0 Å². The summed E-state index contributed by atoms with van der Waals surface area (Å²) < 4.78 is 22.4. The lowest BCUT2D eigenvalue weighted by atomic mass is 9.87. The summed E-state index contributed by atoms with van der Waals surface area (Å²) >= 11 is 0. The highest BCUT2D eigenvalue weighted by molar-refractivity contribution is 5.78. The number of nitrogens with zero attached hydrogens (tertiary/aromatic N) is 1. The van der Waals surface area contributed by atoms with Crippen molar-refractivity contribution in [3.8, 4) is 0 Å². The van der Waals surface area contributed by atoms with Crippen LogP contribution in [0.4, 0.5) is 0 Å². The summed E-state index contributed by atoms with van der Waals surface area (Å²) in [4.78, 5) is 18.8. The molecule has 0 saturated carbocycles. The van der Waals surface area contributed by atoms with Crippen molar-refractivity contribution in [2.75, 3.05) is 0 Å². The van der Waals surface area contributed by atoms with Crippen LogP contribution >= 0.6 is 0 Å². The number of aromatic amines is 1. The van der Waals surface area contributed by atoms with Crippen molar-refractivity contribution >= 4 is 16.9 Å². The van der Waals surface area contributed by atoms with Gasteiger partial charge < -0.3 is 16.5 Å². The fraction of sp³-hybridized carbons (Fsp3) is 0.467. The van der Waals surface area contributed by atoms with E-state index in [1.807, 2.05) is 18.2 Å². The van der Waals surface area contributed by atoms with Crippen molar-refractivity contribution in [1.82, 2.24) is 9.97 Å². The lowest BCUT2D eigenvalue weighted by molar-refractivity contribution is -0.121. The Labute approximate surface area is 123 Å². The molecular weight excluding hydrogens is 253 g/mol. The number of rotatable bonds is 3. The number of nitrogens with one attached hydrogen (secondary N) is 1. The Hall–Kier alpha value is -1.88. The number of fused-ring (bicyclic) bond motifs is 1. The van der Waals surface area contributed by atoms with Crippen molar-refractivity contribution in [2.24, 2.45) is 17.4 Å². The number of hydrogen-bond donors (Lipinski definition) is 3. The highest BCUT2D eigenvalue weighted by Crippen LogP contribution is 2.26. The number of primary amides is 1. The zero-order valence-electron chi connectivity index (χ0n) is 14.9. The summed E-state index contributed by atoms with van der Waals surface area (Å²) in [6, 6.07) is 4.64. The second-order valence-electron chi connectivity index (χ2n) is 6.01. The van der Waals surface area contributed by atoms with Crippen molar-refractivity contribution in [1.29, 1.82) is 0 Å². The van der Waals surface area contributed by atoms with E-state index in [4.69, 9.17) is 15.6 Å². The number of imidazole rings is 1. The molecule has 0 spiro atoms. The Bertz CT molecular complexity index is 730. The second kappa shape index (κ2) is 4.90. The number of H-pyrrole nitrogens is 1. The first-order chi connectivity index (χ1) is 10.4. The van der Waals surface area contributed by atoms with Gasteiger partial charge in [0.2, 0.25) is 5.91 Å². The molecule has 0 radical (unpaired) electrons. The summed E-state index contributed by atoms with van der Waals surface area (Å²) in [5.41, 5.74) is 13.7. The van der Waals surface area contributed by atoms with Gasteiger partial charge in [0.1, 0.15) is 5.82 Å². The van der Waals surface area contributed by atoms with E-state index in [0.29, 0.717) is 5.52 Å². The van der Waals surface area contributed by atoms with Crippen LogP contribution < -0.4 is 11.5 Å². The summed E-state index contributed by atoms with van der Waals surface area (Å²) in [6.45, 7) is 3.69. The molecule has 2 aromatic rings. The molecule has 0 aliphatic carbocycles. The maximum absolute atomic E-state index is 11.5. The van der Waals surface area contributed by atoms with Gasteiger partial charge in [-0.25, -0.2) is 4.98 Å². The van der Waals surface area contributed by atoms with Crippen LogP contribution in [0.3, 0.4) is 0 Å². The third-order valence-corrected chi connectivity index (χ3v) is 3.35. The van der Waals surface area contributed by atoms with Gasteiger partial charge in [-0.15, -0.1) is 0 Å². The van der Waals surface area contributed by atoms with Crippen LogP contribution in [0, 0.1) is 5.92 Å². The molecular formula is C15H22N4O. The average Bonchev–Trinajstić information content (AvgIpc) is 2.77. The van der Waals surface area contributed by atoms with Crippen molar-refractivity contribution in [2.45, 2.75) is 39.1 Å². The average molecular weight is 278 g/mol. The van der Waals surface area contributed by atoms with Crippen LogP contribution in [0.15, 0.2) is 18.2 Å². The molecule has 1 aromatic carbocycles. The molecule has 0 unspecified atom stereocenters. The van der Waals surface area contributed by atoms with E-state index in [2.05, 4.69) is 30.7 Å². The van der Waals surface area contributed by atoms with Gasteiger partial charge in [-0.3, -0.25) is 4.79 Å². The fourth-order valence-electron chi connectivity index (χ4n) is 1.99. The SMILES string of the molecule is [2H][13C]([2H])([2H])[C@@H](C(N)=O)[C@H](N)c1nc2ccc(C(C)(C)C)cc2[nH]1. The predicted octanol–water partition coefficient (Wildman–Crippen LogP) is 1.98. The zero-order valence-corrected chi connectivity index (χ0v) is 11.9. The Morgan fingerprint density at radius 3 is 2.70 bits per heavy atom. The van der Waals surface area contributed by atoms with Crippen molar-refractivity contribution in [3.05, 3.63) is 29.6 Å². The molecule has 1 aromatic heterocycles. The molecule has 5 N–H and O–H groups in total. The van der Waals surface area contributed by atoms with Gasteiger partial charge in [-0.1, -0.05) is 33.7 Å². The van der Waals surface area contributed by atoms with Gasteiger partial charge in [0.15, 0.2) is 0 Å². The lowest BCUT2D eigenvalue weighted by Crippen LogP contribution is -2.31. The van der Waals surface area contributed by atoms with E-state index < -0.39 is 24.7 Å². The third-order valence-electron chi connectivity index (χ3n) is 3.35. The van der Waals surface area contributed by atoms with Gasteiger partial charge in [0.05, 0.1) is 23.0 Å². The van der Waals surface area contributed by atoms with Gasteiger partial charge in [-0.2, -0.15) is 0 Å². The number of aromatic nitrogens is 2. The minimum atomic E-state index is -2.58. The molecule has 2 rings (SSSR count). The van der Waals surface area contributed by atoms with Gasteiger partial charge >= 0.3 is 0 Å². The van der Waals surface area contributed by atoms with E-state index in [1.54, 1.807) is 0 Å². The van der Waals surface area contributed by atoms with Crippen LogP contribution in [0.25, 0.3) is 11.0 Å². The summed E-state index contributed by atoms with van der Waals surface area (Å²) in [5, 5.41) is 0. The van der Waals surface area contributed by atoms with E-state index >= 15 is 0 Å². The minimum absolute atomic E-state index is 0.0317. The fourth-order valence-corrected chi connectivity index (χ4v) is 1.99. The van der Waals surface area contributed by atoms with Crippen LogP contribution in [-0.4, -0.2) is 15.9 Å². The number of carbonyl (C=O) groups excluding carboxylic acids is 1. The number of amides is 1. The third kappa shape index (κ3) is 2.67. The molecule has 0 saturated heterocycles. The molecule has 108 valence electrons. The largest absolute Gasteiger partial charge is 0.369 e. The quantitative estimate of drug-likeness (QED) is 0.749. The van der Waals surface area contributed by atoms with Crippen LogP contribution in [0.1, 0.15) is 49.2 Å².